The zero-order valence-electron chi connectivity index (χ0n) is 11.4. The average molecular weight is 282 g/mol. The molecule has 5 nitrogen and oxygen atoms in total. The van der Waals surface area contributed by atoms with Crippen molar-refractivity contribution in [2.24, 2.45) is 0 Å². The van der Waals surface area contributed by atoms with Gasteiger partial charge < -0.3 is 10.4 Å². The van der Waals surface area contributed by atoms with Crippen LogP contribution in [0.3, 0.4) is 0 Å². The van der Waals surface area contributed by atoms with Crippen LogP contribution in [-0.2, 0) is 4.79 Å². The number of hydrogen-bond donors (Lipinski definition) is 2. The van der Waals surface area contributed by atoms with Gasteiger partial charge in [-0.05, 0) is 42.8 Å². The predicted molar refractivity (Wildman–Crippen MR) is 80.0 cm³/mol. The first-order chi connectivity index (χ1) is 10.0. The van der Waals surface area contributed by atoms with Crippen molar-refractivity contribution in [2.75, 3.05) is 5.32 Å². The number of anilines is 1. The van der Waals surface area contributed by atoms with Crippen LogP contribution >= 0.6 is 0 Å². The Hall–Kier alpha value is -2.95. The molecule has 1 amide bonds. The molecule has 1 aromatic carbocycles. The van der Waals surface area contributed by atoms with Crippen molar-refractivity contribution < 1.29 is 14.7 Å². The summed E-state index contributed by atoms with van der Waals surface area (Å²) in [6.45, 7) is 1.84. The number of nitrogens with zero attached hydrogens (tertiary/aromatic N) is 1. The van der Waals surface area contributed by atoms with Gasteiger partial charge in [0.15, 0.2) is 0 Å². The number of amides is 1. The maximum absolute atomic E-state index is 12.1. The van der Waals surface area contributed by atoms with E-state index >= 15 is 0 Å². The van der Waals surface area contributed by atoms with E-state index in [1.807, 2.05) is 19.1 Å². The number of nitrogens with one attached hydrogen (secondary N) is 1. The van der Waals surface area contributed by atoms with Crippen LogP contribution in [0.2, 0.25) is 0 Å². The fourth-order valence-electron chi connectivity index (χ4n) is 1.75. The van der Waals surface area contributed by atoms with Crippen LogP contribution in [-0.4, -0.2) is 22.0 Å². The monoisotopic (exact) mass is 282 g/mol. The van der Waals surface area contributed by atoms with Crippen molar-refractivity contribution in [3.63, 3.8) is 0 Å². The van der Waals surface area contributed by atoms with Crippen LogP contribution < -0.4 is 5.32 Å². The van der Waals surface area contributed by atoms with Gasteiger partial charge in [-0.3, -0.25) is 4.79 Å². The van der Waals surface area contributed by atoms with Crippen LogP contribution in [0, 0.1) is 6.92 Å². The Morgan fingerprint density at radius 2 is 1.95 bits per heavy atom. The molecular formula is C16H14N2O3. The van der Waals surface area contributed by atoms with Crippen LogP contribution in [0.4, 0.5) is 5.82 Å². The van der Waals surface area contributed by atoms with Gasteiger partial charge in [-0.1, -0.05) is 18.2 Å². The molecule has 2 aromatic rings. The number of carbonyl (C=O) groups is 2. The molecule has 21 heavy (non-hydrogen) atoms. The summed E-state index contributed by atoms with van der Waals surface area (Å²) in [5, 5.41) is 11.3. The van der Waals surface area contributed by atoms with Gasteiger partial charge >= 0.3 is 5.97 Å². The highest BCUT2D eigenvalue weighted by molar-refractivity contribution is 6.04. The molecule has 2 N–H and O–H groups in total. The largest absolute Gasteiger partial charge is 0.478 e. The first-order valence-corrected chi connectivity index (χ1v) is 6.31. The van der Waals surface area contributed by atoms with E-state index in [1.165, 1.54) is 6.08 Å². The Labute approximate surface area is 122 Å². The maximum atomic E-state index is 12.1. The Bertz CT molecular complexity index is 708. The van der Waals surface area contributed by atoms with Gasteiger partial charge in [-0.2, -0.15) is 0 Å². The molecule has 1 heterocycles. The van der Waals surface area contributed by atoms with E-state index < -0.39 is 5.97 Å². The number of carbonyl (C=O) groups excluding carboxylic acids is 1. The number of hydrogen-bond acceptors (Lipinski definition) is 3. The lowest BCUT2D eigenvalue weighted by atomic mass is 10.1. The van der Waals surface area contributed by atoms with Crippen molar-refractivity contribution in [3.8, 4) is 0 Å². The van der Waals surface area contributed by atoms with E-state index in [0.29, 0.717) is 16.9 Å². The average Bonchev–Trinajstić information content (AvgIpc) is 2.45. The molecule has 106 valence electrons. The number of aromatic nitrogens is 1. The molecule has 5 heteroatoms. The van der Waals surface area contributed by atoms with Crippen LogP contribution in [0.5, 0.6) is 0 Å². The molecule has 0 unspecified atom stereocenters. The summed E-state index contributed by atoms with van der Waals surface area (Å²) in [7, 11) is 0. The molecule has 0 atom stereocenters. The number of carboxylic acid groups (broad SMARTS) is 1. The summed E-state index contributed by atoms with van der Waals surface area (Å²) in [4.78, 5) is 26.8. The van der Waals surface area contributed by atoms with E-state index in [2.05, 4.69) is 10.3 Å². The SMILES string of the molecule is Cc1cccc(NC(=O)c2cccc(C=CC(=O)O)c2)n1. The van der Waals surface area contributed by atoms with Gasteiger partial charge in [-0.15, -0.1) is 0 Å². The minimum Gasteiger partial charge on any atom is -0.478 e. The Balaban J connectivity index is 2.16. The first kappa shape index (κ1) is 14.5. The van der Waals surface area contributed by atoms with Gasteiger partial charge in [0.05, 0.1) is 0 Å². The van der Waals surface area contributed by atoms with E-state index in [4.69, 9.17) is 5.11 Å². The highest BCUT2D eigenvalue weighted by atomic mass is 16.4. The molecule has 0 aliphatic heterocycles. The summed E-state index contributed by atoms with van der Waals surface area (Å²) < 4.78 is 0. The lowest BCUT2D eigenvalue weighted by Crippen LogP contribution is -2.13. The van der Waals surface area contributed by atoms with Crippen LogP contribution in [0.25, 0.3) is 6.08 Å². The number of benzene rings is 1. The Morgan fingerprint density at radius 1 is 1.19 bits per heavy atom. The number of aliphatic carboxylic acids is 1. The van der Waals surface area contributed by atoms with E-state index in [9.17, 15) is 9.59 Å². The highest BCUT2D eigenvalue weighted by Gasteiger charge is 2.07. The summed E-state index contributed by atoms with van der Waals surface area (Å²) in [5.41, 5.74) is 1.89. The molecule has 0 radical (unpaired) electrons. The number of aryl methyl sites for hydroxylation is 1. The minimum absolute atomic E-state index is 0.293. The van der Waals surface area contributed by atoms with Crippen molar-refractivity contribution >= 4 is 23.8 Å². The summed E-state index contributed by atoms with van der Waals surface area (Å²) >= 11 is 0. The molecule has 0 aliphatic carbocycles. The molecule has 0 aliphatic rings. The van der Waals surface area contributed by atoms with Crippen molar-refractivity contribution in [1.29, 1.82) is 0 Å². The molecule has 0 saturated carbocycles. The molecular weight excluding hydrogens is 268 g/mol. The minimum atomic E-state index is -1.03. The fourth-order valence-corrected chi connectivity index (χ4v) is 1.75. The second kappa shape index (κ2) is 6.47. The molecule has 2 rings (SSSR count). The third kappa shape index (κ3) is 4.28. The molecule has 1 aromatic heterocycles. The lowest BCUT2D eigenvalue weighted by molar-refractivity contribution is -0.131. The maximum Gasteiger partial charge on any atom is 0.328 e. The van der Waals surface area contributed by atoms with Gasteiger partial charge in [0.1, 0.15) is 5.82 Å². The van der Waals surface area contributed by atoms with E-state index in [0.717, 1.165) is 11.8 Å². The van der Waals surface area contributed by atoms with Crippen LogP contribution in [0.1, 0.15) is 21.6 Å². The topological polar surface area (TPSA) is 79.3 Å². The first-order valence-electron chi connectivity index (χ1n) is 6.31. The van der Waals surface area contributed by atoms with Gasteiger partial charge in [-0.25, -0.2) is 9.78 Å². The molecule has 0 fully saturated rings. The normalized spacial score (nSPS) is 10.5. The summed E-state index contributed by atoms with van der Waals surface area (Å²) in [6.07, 6.45) is 2.46. The Morgan fingerprint density at radius 3 is 2.67 bits per heavy atom. The number of carboxylic acids is 1. The zero-order chi connectivity index (χ0) is 15.2. The van der Waals surface area contributed by atoms with Crippen molar-refractivity contribution in [3.05, 3.63) is 65.4 Å². The quantitative estimate of drug-likeness (QED) is 0.845. The predicted octanol–water partition coefficient (Wildman–Crippen LogP) is 2.74. The van der Waals surface area contributed by atoms with Crippen molar-refractivity contribution in [2.45, 2.75) is 6.92 Å². The Kier molecular flexibility index (Phi) is 4.46. The lowest BCUT2D eigenvalue weighted by Gasteiger charge is -2.05. The molecule has 0 bridgehead atoms. The molecule has 0 saturated heterocycles. The summed E-state index contributed by atoms with van der Waals surface area (Å²) in [5.74, 6) is -0.848. The zero-order valence-corrected chi connectivity index (χ0v) is 11.4. The van der Waals surface area contributed by atoms with E-state index in [-0.39, 0.29) is 5.91 Å². The van der Waals surface area contributed by atoms with Crippen molar-refractivity contribution in [1.82, 2.24) is 4.98 Å². The van der Waals surface area contributed by atoms with Gasteiger partial charge in [0, 0.05) is 17.3 Å². The second-order valence-corrected chi connectivity index (χ2v) is 4.42. The smallest absolute Gasteiger partial charge is 0.328 e. The van der Waals surface area contributed by atoms with Gasteiger partial charge in [0.2, 0.25) is 0 Å². The number of rotatable bonds is 4. The van der Waals surface area contributed by atoms with Crippen LogP contribution in [0.15, 0.2) is 48.5 Å². The highest BCUT2D eigenvalue weighted by Crippen LogP contribution is 2.10. The fraction of sp³-hybridized carbons (Fsp3) is 0.0625. The second-order valence-electron chi connectivity index (χ2n) is 4.42. The number of pyridine rings is 1. The third-order valence-corrected chi connectivity index (χ3v) is 2.70. The standard InChI is InChI=1S/C16H14N2O3/c1-11-4-2-7-14(17-11)18-16(21)13-6-3-5-12(10-13)8-9-15(19)20/h2-10H,1H3,(H,19,20)(H,17,18,21). The van der Waals surface area contributed by atoms with Gasteiger partial charge in [0.25, 0.3) is 5.91 Å². The third-order valence-electron chi connectivity index (χ3n) is 2.70. The summed E-state index contributed by atoms with van der Waals surface area (Å²) in [6, 6.07) is 12.0. The van der Waals surface area contributed by atoms with E-state index in [1.54, 1.807) is 30.3 Å². The molecule has 0 spiro atoms.